The summed E-state index contributed by atoms with van der Waals surface area (Å²) >= 11 is 0. The van der Waals surface area contributed by atoms with E-state index in [-0.39, 0.29) is 12.0 Å². The van der Waals surface area contributed by atoms with Crippen LogP contribution >= 0.6 is 0 Å². The summed E-state index contributed by atoms with van der Waals surface area (Å²) in [6, 6.07) is 2.14. The number of aryl methyl sites for hydroxylation is 1. The van der Waals surface area contributed by atoms with Crippen LogP contribution in [0.1, 0.15) is 56.7 Å². The maximum Gasteiger partial charge on any atom is 0.130 e. The van der Waals surface area contributed by atoms with E-state index in [4.69, 9.17) is 5.73 Å². The molecule has 0 aromatic heterocycles. The molecule has 0 bridgehead atoms. The van der Waals surface area contributed by atoms with E-state index in [0.29, 0.717) is 11.1 Å². The largest absolute Gasteiger partial charge is 0.324 e. The second-order valence-corrected chi connectivity index (χ2v) is 4.96. The molecule has 1 aromatic rings. The van der Waals surface area contributed by atoms with Crippen LogP contribution in [0, 0.1) is 24.5 Å². The molecule has 2 N–H and O–H groups in total. The van der Waals surface area contributed by atoms with Crippen molar-refractivity contribution in [3.8, 4) is 0 Å². The number of benzene rings is 1. The molecule has 0 heterocycles. The van der Waals surface area contributed by atoms with E-state index in [1.165, 1.54) is 0 Å². The van der Waals surface area contributed by atoms with Crippen molar-refractivity contribution in [2.24, 2.45) is 11.7 Å². The van der Waals surface area contributed by atoms with Crippen LogP contribution in [0.5, 0.6) is 0 Å². The van der Waals surface area contributed by atoms with Gasteiger partial charge < -0.3 is 5.73 Å². The van der Waals surface area contributed by atoms with Crippen molar-refractivity contribution in [3.63, 3.8) is 0 Å². The highest BCUT2D eigenvalue weighted by molar-refractivity contribution is 5.28. The number of hydrogen-bond acceptors (Lipinski definition) is 1. The standard InChI is InChI=1S/C15H23F2N/c1-4-6-7-11(5-2)15(18)12-8-10(3)13(16)9-14(12)17/h8-9,11,15H,4-7,18H2,1-3H3. The Hall–Kier alpha value is -0.960. The van der Waals surface area contributed by atoms with E-state index in [2.05, 4.69) is 13.8 Å². The van der Waals surface area contributed by atoms with Crippen molar-refractivity contribution in [2.45, 2.75) is 52.5 Å². The molecule has 1 aromatic carbocycles. The zero-order valence-electron chi connectivity index (χ0n) is 11.5. The minimum Gasteiger partial charge on any atom is -0.324 e. The summed E-state index contributed by atoms with van der Waals surface area (Å²) in [5, 5.41) is 0. The van der Waals surface area contributed by atoms with Gasteiger partial charge in [-0.2, -0.15) is 0 Å². The van der Waals surface area contributed by atoms with Crippen LogP contribution < -0.4 is 5.73 Å². The molecule has 0 aliphatic heterocycles. The van der Waals surface area contributed by atoms with Gasteiger partial charge in [0.2, 0.25) is 0 Å². The minimum absolute atomic E-state index is 0.254. The van der Waals surface area contributed by atoms with Crippen molar-refractivity contribution in [1.82, 2.24) is 0 Å². The van der Waals surface area contributed by atoms with Gasteiger partial charge in [-0.25, -0.2) is 8.78 Å². The van der Waals surface area contributed by atoms with Crippen molar-refractivity contribution < 1.29 is 8.78 Å². The third-order valence-corrected chi connectivity index (χ3v) is 3.60. The van der Waals surface area contributed by atoms with E-state index in [0.717, 1.165) is 31.7 Å². The first-order valence-electron chi connectivity index (χ1n) is 6.72. The fourth-order valence-electron chi connectivity index (χ4n) is 2.29. The first-order valence-corrected chi connectivity index (χ1v) is 6.72. The van der Waals surface area contributed by atoms with Crippen molar-refractivity contribution in [1.29, 1.82) is 0 Å². The molecule has 3 heteroatoms. The number of hydrogen-bond donors (Lipinski definition) is 1. The maximum atomic E-state index is 13.8. The average molecular weight is 255 g/mol. The third kappa shape index (κ3) is 3.52. The van der Waals surface area contributed by atoms with E-state index < -0.39 is 11.6 Å². The fourth-order valence-corrected chi connectivity index (χ4v) is 2.29. The lowest BCUT2D eigenvalue weighted by Gasteiger charge is -2.23. The van der Waals surface area contributed by atoms with Gasteiger partial charge in [0.15, 0.2) is 0 Å². The molecule has 0 radical (unpaired) electrons. The maximum absolute atomic E-state index is 13.8. The molecule has 0 fully saturated rings. The van der Waals surface area contributed by atoms with E-state index >= 15 is 0 Å². The Labute approximate surface area is 108 Å². The topological polar surface area (TPSA) is 26.0 Å². The van der Waals surface area contributed by atoms with Crippen LogP contribution in [0.15, 0.2) is 12.1 Å². The summed E-state index contributed by atoms with van der Waals surface area (Å²) in [5.41, 5.74) is 7.04. The summed E-state index contributed by atoms with van der Waals surface area (Å²) < 4.78 is 27.0. The Kier molecular flexibility index (Phi) is 5.73. The van der Waals surface area contributed by atoms with Gasteiger partial charge in [-0.3, -0.25) is 0 Å². The predicted molar refractivity (Wildman–Crippen MR) is 71.3 cm³/mol. The highest BCUT2D eigenvalue weighted by Crippen LogP contribution is 2.29. The van der Waals surface area contributed by atoms with Gasteiger partial charge >= 0.3 is 0 Å². The third-order valence-electron chi connectivity index (χ3n) is 3.60. The molecule has 2 unspecified atom stereocenters. The molecule has 1 rings (SSSR count). The van der Waals surface area contributed by atoms with Crippen LogP contribution in [0.2, 0.25) is 0 Å². The Morgan fingerprint density at radius 2 is 1.83 bits per heavy atom. The molecular weight excluding hydrogens is 232 g/mol. The molecule has 2 atom stereocenters. The zero-order valence-corrected chi connectivity index (χ0v) is 11.5. The van der Waals surface area contributed by atoms with Crippen LogP contribution in [-0.4, -0.2) is 0 Å². The van der Waals surface area contributed by atoms with Crippen LogP contribution in [0.25, 0.3) is 0 Å². The molecule has 0 aliphatic carbocycles. The summed E-state index contributed by atoms with van der Waals surface area (Å²) in [4.78, 5) is 0. The second-order valence-electron chi connectivity index (χ2n) is 4.96. The molecule has 0 amide bonds. The van der Waals surface area contributed by atoms with Crippen molar-refractivity contribution in [3.05, 3.63) is 34.9 Å². The quantitative estimate of drug-likeness (QED) is 0.796. The van der Waals surface area contributed by atoms with Gasteiger partial charge in [0, 0.05) is 17.7 Å². The number of nitrogens with two attached hydrogens (primary N) is 1. The summed E-state index contributed by atoms with van der Waals surface area (Å²) in [7, 11) is 0. The van der Waals surface area contributed by atoms with Gasteiger partial charge in [-0.15, -0.1) is 0 Å². The van der Waals surface area contributed by atoms with Gasteiger partial charge in [0.1, 0.15) is 11.6 Å². The van der Waals surface area contributed by atoms with Crippen molar-refractivity contribution in [2.75, 3.05) is 0 Å². The van der Waals surface area contributed by atoms with Crippen LogP contribution in [-0.2, 0) is 0 Å². The average Bonchev–Trinajstić information content (AvgIpc) is 2.34. The highest BCUT2D eigenvalue weighted by atomic mass is 19.1. The minimum atomic E-state index is -0.527. The Morgan fingerprint density at radius 1 is 1.17 bits per heavy atom. The lowest BCUT2D eigenvalue weighted by atomic mass is 9.87. The number of rotatable bonds is 6. The lowest BCUT2D eigenvalue weighted by Crippen LogP contribution is -2.22. The fraction of sp³-hybridized carbons (Fsp3) is 0.600. The molecule has 1 nitrogen and oxygen atoms in total. The van der Waals surface area contributed by atoms with Gasteiger partial charge in [-0.1, -0.05) is 33.1 Å². The molecular formula is C15H23F2N. The van der Waals surface area contributed by atoms with E-state index in [1.807, 2.05) is 0 Å². The molecule has 0 saturated carbocycles. The first kappa shape index (κ1) is 15.1. The zero-order chi connectivity index (χ0) is 13.7. The summed E-state index contributed by atoms with van der Waals surface area (Å²) in [5.74, 6) is -0.782. The molecule has 0 aliphatic rings. The first-order chi connectivity index (χ1) is 8.51. The molecule has 0 saturated heterocycles. The SMILES string of the molecule is CCCCC(CC)C(N)c1cc(C)c(F)cc1F. The van der Waals surface area contributed by atoms with E-state index in [1.54, 1.807) is 13.0 Å². The number of halogens is 2. The number of unbranched alkanes of at least 4 members (excludes halogenated alkanes) is 1. The van der Waals surface area contributed by atoms with Gasteiger partial charge in [-0.05, 0) is 30.9 Å². The van der Waals surface area contributed by atoms with Gasteiger partial charge in [0.25, 0.3) is 0 Å². The Balaban J connectivity index is 2.94. The Bertz CT molecular complexity index is 390. The smallest absolute Gasteiger partial charge is 0.130 e. The second kappa shape index (κ2) is 6.83. The Morgan fingerprint density at radius 3 is 2.39 bits per heavy atom. The van der Waals surface area contributed by atoms with E-state index in [9.17, 15) is 8.78 Å². The summed E-state index contributed by atoms with van der Waals surface area (Å²) in [6.45, 7) is 5.83. The van der Waals surface area contributed by atoms with Crippen molar-refractivity contribution >= 4 is 0 Å². The summed E-state index contributed by atoms with van der Waals surface area (Å²) in [6.07, 6.45) is 4.10. The van der Waals surface area contributed by atoms with Crippen LogP contribution in [0.4, 0.5) is 8.78 Å². The van der Waals surface area contributed by atoms with Gasteiger partial charge in [0.05, 0.1) is 0 Å². The molecule has 102 valence electrons. The highest BCUT2D eigenvalue weighted by Gasteiger charge is 2.21. The normalized spacial score (nSPS) is 14.6. The molecule has 18 heavy (non-hydrogen) atoms. The monoisotopic (exact) mass is 255 g/mol. The lowest BCUT2D eigenvalue weighted by molar-refractivity contribution is 0.368. The van der Waals surface area contributed by atoms with Crippen LogP contribution in [0.3, 0.4) is 0 Å². The predicted octanol–water partition coefficient (Wildman–Crippen LogP) is 4.49. The molecule has 0 spiro atoms.